The van der Waals surface area contributed by atoms with Crippen LogP contribution in [0.25, 0.3) is 0 Å². The number of aliphatic carboxylic acids is 1. The number of carbonyl (C=O) groups is 1. The highest BCUT2D eigenvalue weighted by Crippen LogP contribution is 2.11. The summed E-state index contributed by atoms with van der Waals surface area (Å²) in [7, 11) is 0. The van der Waals surface area contributed by atoms with Crippen LogP contribution in [0.5, 0.6) is 0 Å². The Hall–Kier alpha value is -1.52. The average Bonchev–Trinajstić information content (AvgIpc) is 2.28. The molecule has 0 aliphatic carbocycles. The maximum atomic E-state index is 10.6. The van der Waals surface area contributed by atoms with Crippen LogP contribution in [-0.2, 0) is 4.79 Å². The van der Waals surface area contributed by atoms with E-state index in [1.165, 1.54) is 4.68 Å². The molecular formula is C7H11N3O2. The molecule has 3 N–H and O–H groups in total. The number of carboxylic acid groups (broad SMARTS) is 1. The Morgan fingerprint density at radius 1 is 1.83 bits per heavy atom. The normalized spacial score (nSPS) is 12.8. The second kappa shape index (κ2) is 2.84. The first-order chi connectivity index (χ1) is 5.52. The molecule has 0 amide bonds. The van der Waals surface area contributed by atoms with E-state index in [0.717, 1.165) is 5.69 Å². The van der Waals surface area contributed by atoms with Gasteiger partial charge in [0.25, 0.3) is 0 Å². The van der Waals surface area contributed by atoms with E-state index in [2.05, 4.69) is 5.10 Å². The minimum absolute atomic E-state index is 0.348. The molecule has 0 aromatic carbocycles. The van der Waals surface area contributed by atoms with Crippen molar-refractivity contribution in [3.63, 3.8) is 0 Å². The number of nitrogens with zero attached hydrogens (tertiary/aromatic N) is 2. The number of rotatable bonds is 2. The number of anilines is 1. The topological polar surface area (TPSA) is 81.1 Å². The first-order valence-corrected chi connectivity index (χ1v) is 3.57. The van der Waals surface area contributed by atoms with E-state index in [0.29, 0.717) is 5.82 Å². The molecule has 1 aromatic rings. The molecule has 0 aliphatic rings. The van der Waals surface area contributed by atoms with E-state index in [-0.39, 0.29) is 0 Å². The van der Waals surface area contributed by atoms with Crippen LogP contribution < -0.4 is 5.73 Å². The lowest BCUT2D eigenvalue weighted by atomic mass is 10.3. The van der Waals surface area contributed by atoms with Crippen molar-refractivity contribution in [2.24, 2.45) is 0 Å². The molecule has 0 radical (unpaired) electrons. The molecule has 0 bridgehead atoms. The number of hydrogen-bond donors (Lipinski definition) is 2. The molecule has 5 nitrogen and oxygen atoms in total. The number of nitrogens with two attached hydrogens (primary N) is 1. The molecule has 1 rings (SSSR count). The van der Waals surface area contributed by atoms with E-state index < -0.39 is 12.0 Å². The van der Waals surface area contributed by atoms with Crippen molar-refractivity contribution < 1.29 is 9.90 Å². The molecule has 0 saturated carbocycles. The number of carboxylic acids is 1. The fraction of sp³-hybridized carbons (Fsp3) is 0.429. The molecule has 12 heavy (non-hydrogen) atoms. The van der Waals surface area contributed by atoms with Crippen molar-refractivity contribution in [3.05, 3.63) is 11.8 Å². The Labute approximate surface area is 69.8 Å². The molecule has 0 fully saturated rings. The highest BCUT2D eigenvalue weighted by atomic mass is 16.4. The summed E-state index contributed by atoms with van der Waals surface area (Å²) in [5.41, 5.74) is 6.14. The second-order valence-corrected chi connectivity index (χ2v) is 2.67. The van der Waals surface area contributed by atoms with Gasteiger partial charge < -0.3 is 10.8 Å². The van der Waals surface area contributed by atoms with Crippen LogP contribution >= 0.6 is 0 Å². The molecule has 1 unspecified atom stereocenters. The van der Waals surface area contributed by atoms with Gasteiger partial charge in [0.1, 0.15) is 11.9 Å². The van der Waals surface area contributed by atoms with Gasteiger partial charge in [-0.2, -0.15) is 5.10 Å². The molecule has 1 aromatic heterocycles. The van der Waals surface area contributed by atoms with Gasteiger partial charge in [0.2, 0.25) is 0 Å². The summed E-state index contributed by atoms with van der Waals surface area (Å²) in [6.45, 7) is 3.32. The fourth-order valence-electron chi connectivity index (χ4n) is 1.01. The lowest BCUT2D eigenvalue weighted by Crippen LogP contribution is -2.17. The molecule has 0 aliphatic heterocycles. The van der Waals surface area contributed by atoms with Crippen molar-refractivity contribution in [1.29, 1.82) is 0 Å². The highest BCUT2D eigenvalue weighted by Gasteiger charge is 2.15. The Morgan fingerprint density at radius 3 is 2.75 bits per heavy atom. The first-order valence-electron chi connectivity index (χ1n) is 3.57. The summed E-state index contributed by atoms with van der Waals surface area (Å²) in [4.78, 5) is 10.6. The van der Waals surface area contributed by atoms with Crippen LogP contribution in [-0.4, -0.2) is 20.9 Å². The average molecular weight is 169 g/mol. The SMILES string of the molecule is Cc1cc(N)nn1C(C)C(=O)O. The molecular weight excluding hydrogens is 158 g/mol. The Bertz CT molecular complexity index is 306. The van der Waals surface area contributed by atoms with E-state index in [9.17, 15) is 4.79 Å². The number of nitrogen functional groups attached to an aromatic ring is 1. The van der Waals surface area contributed by atoms with Gasteiger partial charge >= 0.3 is 5.97 Å². The third kappa shape index (κ3) is 1.39. The molecule has 1 atom stereocenters. The predicted octanol–water partition coefficient (Wildman–Crippen LogP) is 0.419. The summed E-state index contributed by atoms with van der Waals surface area (Å²) in [6, 6.07) is 0.974. The van der Waals surface area contributed by atoms with E-state index >= 15 is 0 Å². The first kappa shape index (κ1) is 8.58. The zero-order valence-electron chi connectivity index (χ0n) is 6.98. The summed E-state index contributed by atoms with van der Waals surface area (Å²) in [6.07, 6.45) is 0. The minimum atomic E-state index is -0.916. The lowest BCUT2D eigenvalue weighted by molar-refractivity contribution is -0.140. The van der Waals surface area contributed by atoms with Gasteiger partial charge in [0.15, 0.2) is 0 Å². The minimum Gasteiger partial charge on any atom is -0.480 e. The molecule has 1 heterocycles. The summed E-state index contributed by atoms with van der Waals surface area (Å²) < 4.78 is 1.39. The summed E-state index contributed by atoms with van der Waals surface area (Å²) >= 11 is 0. The van der Waals surface area contributed by atoms with E-state index in [1.54, 1.807) is 19.9 Å². The fourth-order valence-corrected chi connectivity index (χ4v) is 1.01. The van der Waals surface area contributed by atoms with Crippen LogP contribution in [0.3, 0.4) is 0 Å². The lowest BCUT2D eigenvalue weighted by Gasteiger charge is -2.07. The van der Waals surface area contributed by atoms with Crippen LogP contribution in [0.15, 0.2) is 6.07 Å². The molecule has 0 saturated heterocycles. The van der Waals surface area contributed by atoms with Gasteiger partial charge in [-0.05, 0) is 13.8 Å². The smallest absolute Gasteiger partial charge is 0.328 e. The van der Waals surface area contributed by atoms with Crippen molar-refractivity contribution in [2.75, 3.05) is 5.73 Å². The maximum Gasteiger partial charge on any atom is 0.328 e. The standard InChI is InChI=1S/C7H11N3O2/c1-4-3-6(8)9-10(4)5(2)7(11)12/h3,5H,1-2H3,(H2,8,9)(H,11,12). The van der Waals surface area contributed by atoms with Crippen molar-refractivity contribution in [3.8, 4) is 0 Å². The van der Waals surface area contributed by atoms with Crippen LogP contribution in [0, 0.1) is 6.92 Å². The van der Waals surface area contributed by atoms with Gasteiger partial charge in [-0.25, -0.2) is 4.79 Å². The van der Waals surface area contributed by atoms with Crippen LogP contribution in [0.4, 0.5) is 5.82 Å². The zero-order valence-corrected chi connectivity index (χ0v) is 6.98. The summed E-state index contributed by atoms with van der Waals surface area (Å²) in [5.74, 6) is -0.568. The van der Waals surface area contributed by atoms with Gasteiger partial charge in [-0.15, -0.1) is 0 Å². The van der Waals surface area contributed by atoms with Crippen molar-refractivity contribution >= 4 is 11.8 Å². The largest absolute Gasteiger partial charge is 0.480 e. The van der Waals surface area contributed by atoms with Gasteiger partial charge in [-0.3, -0.25) is 4.68 Å². The highest BCUT2D eigenvalue weighted by molar-refractivity contribution is 5.71. The van der Waals surface area contributed by atoms with Crippen molar-refractivity contribution in [2.45, 2.75) is 19.9 Å². The number of aromatic nitrogens is 2. The number of hydrogen-bond acceptors (Lipinski definition) is 3. The Morgan fingerprint density at radius 2 is 2.42 bits per heavy atom. The third-order valence-corrected chi connectivity index (χ3v) is 1.67. The number of aryl methyl sites for hydroxylation is 1. The van der Waals surface area contributed by atoms with Gasteiger partial charge in [0.05, 0.1) is 0 Å². The predicted molar refractivity (Wildman–Crippen MR) is 43.7 cm³/mol. The summed E-state index contributed by atoms with van der Waals surface area (Å²) in [5, 5.41) is 12.5. The zero-order chi connectivity index (χ0) is 9.30. The second-order valence-electron chi connectivity index (χ2n) is 2.67. The Balaban J connectivity index is 3.02. The van der Waals surface area contributed by atoms with Crippen LogP contribution in [0.1, 0.15) is 18.7 Å². The third-order valence-electron chi connectivity index (χ3n) is 1.67. The van der Waals surface area contributed by atoms with Gasteiger partial charge in [0, 0.05) is 11.8 Å². The monoisotopic (exact) mass is 169 g/mol. The molecule has 5 heteroatoms. The molecule has 0 spiro atoms. The quantitative estimate of drug-likeness (QED) is 0.672. The van der Waals surface area contributed by atoms with E-state index in [1.807, 2.05) is 0 Å². The van der Waals surface area contributed by atoms with Gasteiger partial charge in [-0.1, -0.05) is 0 Å². The van der Waals surface area contributed by atoms with Crippen molar-refractivity contribution in [1.82, 2.24) is 9.78 Å². The van der Waals surface area contributed by atoms with Crippen LogP contribution in [0.2, 0.25) is 0 Å². The maximum absolute atomic E-state index is 10.6. The Kier molecular flexibility index (Phi) is 2.03. The molecule has 66 valence electrons. The van der Waals surface area contributed by atoms with E-state index in [4.69, 9.17) is 10.8 Å².